The van der Waals surface area contributed by atoms with Crippen molar-refractivity contribution in [2.45, 2.75) is 37.7 Å². The fourth-order valence-electron chi connectivity index (χ4n) is 3.92. The van der Waals surface area contributed by atoms with Crippen molar-refractivity contribution < 1.29 is 22.7 Å². The summed E-state index contributed by atoms with van der Waals surface area (Å²) in [5.41, 5.74) is 1.51. The Kier molecular flexibility index (Phi) is 6.15. The molecule has 1 fully saturated rings. The summed E-state index contributed by atoms with van der Waals surface area (Å²) in [5, 5.41) is 6.01. The van der Waals surface area contributed by atoms with E-state index in [0.29, 0.717) is 40.6 Å². The Bertz CT molecular complexity index is 1180. The van der Waals surface area contributed by atoms with Gasteiger partial charge in [-0.1, -0.05) is 23.7 Å². The fraction of sp³-hybridized carbons (Fsp3) is 0.364. The number of rotatable bonds is 4. The largest absolute Gasteiger partial charge is 0.479 e. The van der Waals surface area contributed by atoms with Crippen molar-refractivity contribution in [3.05, 3.63) is 47.0 Å². The molecule has 2 aliphatic heterocycles. The van der Waals surface area contributed by atoms with Gasteiger partial charge in [-0.05, 0) is 50.5 Å². The normalized spacial score (nSPS) is 19.6. The average Bonchev–Trinajstić information content (AvgIpc) is 2.76. The van der Waals surface area contributed by atoms with Gasteiger partial charge in [0.2, 0.25) is 15.9 Å². The van der Waals surface area contributed by atoms with Gasteiger partial charge in [-0.3, -0.25) is 9.59 Å². The highest BCUT2D eigenvalue weighted by Crippen LogP contribution is 2.36. The van der Waals surface area contributed by atoms with Gasteiger partial charge in [-0.2, -0.15) is 4.31 Å². The molecule has 10 heteroatoms. The van der Waals surface area contributed by atoms with Crippen LogP contribution in [0.2, 0.25) is 5.02 Å². The molecule has 2 heterocycles. The first-order chi connectivity index (χ1) is 15.2. The van der Waals surface area contributed by atoms with Gasteiger partial charge >= 0.3 is 0 Å². The van der Waals surface area contributed by atoms with Crippen molar-refractivity contribution in [2.24, 2.45) is 5.92 Å². The third-order valence-electron chi connectivity index (χ3n) is 5.78. The summed E-state index contributed by atoms with van der Waals surface area (Å²) in [6.07, 6.45) is 0.111. The Labute approximate surface area is 191 Å². The maximum atomic E-state index is 13.3. The van der Waals surface area contributed by atoms with Gasteiger partial charge in [0.1, 0.15) is 5.75 Å². The number of amides is 2. The minimum atomic E-state index is -3.78. The molecule has 32 heavy (non-hydrogen) atoms. The molecule has 8 nitrogen and oxygen atoms in total. The van der Waals surface area contributed by atoms with Crippen LogP contribution >= 0.6 is 11.6 Å². The van der Waals surface area contributed by atoms with Crippen molar-refractivity contribution in [1.82, 2.24) is 4.31 Å². The highest BCUT2D eigenvalue weighted by Gasteiger charge is 2.34. The first-order valence-corrected chi connectivity index (χ1v) is 12.2. The number of nitrogens with zero attached hydrogens (tertiary/aromatic N) is 1. The number of sulfonamides is 1. The van der Waals surface area contributed by atoms with Gasteiger partial charge in [0.15, 0.2) is 6.10 Å². The predicted molar refractivity (Wildman–Crippen MR) is 121 cm³/mol. The number of halogens is 1. The van der Waals surface area contributed by atoms with Crippen LogP contribution in [0.1, 0.15) is 25.3 Å². The average molecular weight is 478 g/mol. The summed E-state index contributed by atoms with van der Waals surface area (Å²) in [4.78, 5) is 24.6. The summed E-state index contributed by atoms with van der Waals surface area (Å²) in [5.74, 6) is -0.417. The van der Waals surface area contributed by atoms with E-state index in [-0.39, 0.29) is 35.7 Å². The molecule has 2 aromatic carbocycles. The number of piperidine rings is 1. The van der Waals surface area contributed by atoms with Crippen molar-refractivity contribution in [3.8, 4) is 5.75 Å². The fourth-order valence-corrected chi connectivity index (χ4v) is 5.79. The van der Waals surface area contributed by atoms with Crippen LogP contribution in [-0.2, 0) is 19.6 Å². The molecule has 2 aromatic rings. The van der Waals surface area contributed by atoms with Crippen LogP contribution in [0.15, 0.2) is 41.3 Å². The minimum Gasteiger partial charge on any atom is -0.479 e. The lowest BCUT2D eigenvalue weighted by Gasteiger charge is -2.31. The van der Waals surface area contributed by atoms with E-state index < -0.39 is 16.1 Å². The molecule has 0 spiro atoms. The Balaban J connectivity index is 1.46. The Morgan fingerprint density at radius 3 is 2.59 bits per heavy atom. The molecule has 1 atom stereocenters. The number of nitrogens with one attached hydrogen (secondary N) is 2. The molecule has 2 amide bonds. The molecular formula is C22H24ClN3O5S. The first kappa shape index (κ1) is 22.6. The lowest BCUT2D eigenvalue weighted by molar-refractivity contribution is -0.123. The molecule has 0 bridgehead atoms. The van der Waals surface area contributed by atoms with E-state index in [4.69, 9.17) is 16.3 Å². The first-order valence-electron chi connectivity index (χ1n) is 10.3. The quantitative estimate of drug-likeness (QED) is 0.702. The molecule has 0 aliphatic carbocycles. The highest BCUT2D eigenvalue weighted by atomic mass is 35.5. The van der Waals surface area contributed by atoms with E-state index in [9.17, 15) is 18.0 Å². The van der Waals surface area contributed by atoms with E-state index in [1.807, 2.05) is 0 Å². The van der Waals surface area contributed by atoms with E-state index >= 15 is 0 Å². The van der Waals surface area contributed by atoms with Crippen LogP contribution in [0.4, 0.5) is 11.4 Å². The van der Waals surface area contributed by atoms with Gasteiger partial charge in [0, 0.05) is 25.1 Å². The number of carbonyl (C=O) groups excluding carboxylic acids is 2. The molecule has 0 unspecified atom stereocenters. The molecule has 0 radical (unpaired) electrons. The monoisotopic (exact) mass is 477 g/mol. The number of benzene rings is 2. The number of aryl methyl sites for hydroxylation is 1. The van der Waals surface area contributed by atoms with Crippen molar-refractivity contribution in [1.29, 1.82) is 0 Å². The van der Waals surface area contributed by atoms with E-state index in [1.165, 1.54) is 10.4 Å². The van der Waals surface area contributed by atoms with Gasteiger partial charge in [-0.15, -0.1) is 0 Å². The zero-order valence-corrected chi connectivity index (χ0v) is 19.3. The lowest BCUT2D eigenvalue weighted by Crippen LogP contribution is -2.41. The molecule has 2 N–H and O–H groups in total. The van der Waals surface area contributed by atoms with E-state index in [1.54, 1.807) is 44.2 Å². The number of para-hydroxylation sites is 1. The minimum absolute atomic E-state index is 0.138. The number of hydrogen-bond acceptors (Lipinski definition) is 5. The van der Waals surface area contributed by atoms with Crippen LogP contribution < -0.4 is 15.4 Å². The second kappa shape index (κ2) is 8.73. The van der Waals surface area contributed by atoms with E-state index in [2.05, 4.69) is 10.6 Å². The third-order valence-corrected chi connectivity index (χ3v) is 8.15. The lowest BCUT2D eigenvalue weighted by atomic mass is 9.97. The van der Waals surface area contributed by atoms with Crippen molar-refractivity contribution in [2.75, 3.05) is 23.7 Å². The summed E-state index contributed by atoms with van der Waals surface area (Å²) >= 11 is 6.10. The molecule has 1 saturated heterocycles. The molecule has 4 rings (SSSR count). The number of fused-ring (bicyclic) bond motifs is 1. The molecule has 0 aromatic heterocycles. The van der Waals surface area contributed by atoms with Crippen LogP contribution in [0.25, 0.3) is 0 Å². The Hall–Kier alpha value is -2.62. The zero-order valence-electron chi connectivity index (χ0n) is 17.7. The molecule has 0 saturated carbocycles. The van der Waals surface area contributed by atoms with Crippen LogP contribution in [-0.4, -0.2) is 43.7 Å². The molecular weight excluding hydrogens is 454 g/mol. The Morgan fingerprint density at radius 1 is 1.22 bits per heavy atom. The standard InChI is InChI=1S/C22H24ClN3O5S/c1-13-11-18-19(31-14(2)21(27)25-18)12-20(13)32(29,30)26-9-7-15(8-10-26)22(28)24-17-6-4-3-5-16(17)23/h3-6,11-12,14-15H,7-10H2,1-2H3,(H,24,28)(H,25,27)/t14-/m1/s1. The number of anilines is 2. The summed E-state index contributed by atoms with van der Waals surface area (Å²) in [6.45, 7) is 3.74. The smallest absolute Gasteiger partial charge is 0.265 e. The van der Waals surface area contributed by atoms with Gasteiger partial charge < -0.3 is 15.4 Å². The van der Waals surface area contributed by atoms with Crippen LogP contribution in [0.5, 0.6) is 5.75 Å². The topological polar surface area (TPSA) is 105 Å². The van der Waals surface area contributed by atoms with Crippen molar-refractivity contribution >= 4 is 44.8 Å². The molecule has 2 aliphatic rings. The maximum Gasteiger partial charge on any atom is 0.265 e. The summed E-state index contributed by atoms with van der Waals surface area (Å²) in [7, 11) is -3.78. The van der Waals surface area contributed by atoms with Crippen molar-refractivity contribution in [3.63, 3.8) is 0 Å². The number of carbonyl (C=O) groups is 2. The van der Waals surface area contributed by atoms with Crippen LogP contribution in [0, 0.1) is 12.8 Å². The van der Waals surface area contributed by atoms with Gasteiger partial charge in [0.25, 0.3) is 5.91 Å². The Morgan fingerprint density at radius 2 is 1.91 bits per heavy atom. The SMILES string of the molecule is Cc1cc2c(cc1S(=O)(=O)N1CCC(C(=O)Nc3ccccc3Cl)CC1)O[C@H](C)C(=O)N2. The van der Waals surface area contributed by atoms with Crippen LogP contribution in [0.3, 0.4) is 0 Å². The molecule has 170 valence electrons. The third kappa shape index (κ3) is 4.32. The summed E-state index contributed by atoms with van der Waals surface area (Å²) < 4.78 is 33.6. The van der Waals surface area contributed by atoms with Gasteiger partial charge in [0.05, 0.1) is 21.3 Å². The maximum absolute atomic E-state index is 13.3. The van der Waals surface area contributed by atoms with Gasteiger partial charge in [-0.25, -0.2) is 8.42 Å². The predicted octanol–water partition coefficient (Wildman–Crippen LogP) is 3.41. The van der Waals surface area contributed by atoms with E-state index in [0.717, 1.165) is 0 Å². The summed E-state index contributed by atoms with van der Waals surface area (Å²) in [6, 6.07) is 10.1. The second-order valence-electron chi connectivity index (χ2n) is 8.01. The zero-order chi connectivity index (χ0) is 23.0. The highest BCUT2D eigenvalue weighted by molar-refractivity contribution is 7.89. The number of hydrogen-bond donors (Lipinski definition) is 2. The second-order valence-corrected chi connectivity index (χ2v) is 10.3. The number of ether oxygens (including phenoxy) is 1.